The standard InChI is InChI=1S/C27H22Cl3F2N3O4S/c1-34-7-3-4-15(25(34)38)16-8-13-11-35(12-14(13)9-19(16)36)26(39)22-20(10-21(27(30,31)32)33-24(22)37)40-23-17(28)5-2-6-18(23)29/h2,5-6,8-10,15,36H,3-4,7,11-12H2,1H3,(H,33,37). The first kappa shape index (κ1) is 28.7. The van der Waals surface area contributed by atoms with E-state index in [0.717, 1.165) is 24.2 Å². The molecular formula is C27H22Cl3F2N3O4S. The molecular weight excluding hydrogens is 607 g/mol. The normalized spacial score (nSPS) is 17.4. The maximum absolute atomic E-state index is 14.0. The largest absolute Gasteiger partial charge is 0.508 e. The second-order valence-electron chi connectivity index (χ2n) is 9.70. The van der Waals surface area contributed by atoms with Crippen molar-refractivity contribution in [2.75, 3.05) is 13.6 Å². The summed E-state index contributed by atoms with van der Waals surface area (Å²) >= 11 is 18.5. The third-order valence-electron chi connectivity index (χ3n) is 7.04. The SMILES string of the molecule is CN1CCCC(c2cc3c(cc2O)CN(C(=O)c2c(Sc4c(Cl)cccc4Cl)cc(C(F)(F)Cl)[nH]c2=O)C3)C1=O. The predicted octanol–water partition coefficient (Wildman–Crippen LogP) is 6.32. The van der Waals surface area contributed by atoms with E-state index in [9.17, 15) is 28.3 Å². The van der Waals surface area contributed by atoms with Crippen LogP contribution in [0, 0.1) is 0 Å². The highest BCUT2D eigenvalue weighted by Gasteiger charge is 2.36. The number of pyridine rings is 1. The number of likely N-dealkylation sites (N-methyl/N-ethyl adjacent to an activating group) is 1. The van der Waals surface area contributed by atoms with Gasteiger partial charge in [-0.15, -0.1) is 0 Å². The lowest BCUT2D eigenvalue weighted by molar-refractivity contribution is -0.133. The average Bonchev–Trinajstić information content (AvgIpc) is 3.29. The molecule has 0 bridgehead atoms. The number of aromatic amines is 1. The van der Waals surface area contributed by atoms with Crippen molar-refractivity contribution in [1.29, 1.82) is 0 Å². The highest BCUT2D eigenvalue weighted by Crippen LogP contribution is 2.42. The molecule has 2 aliphatic rings. The molecule has 2 N–H and O–H groups in total. The van der Waals surface area contributed by atoms with Crippen LogP contribution in [-0.2, 0) is 23.3 Å². The van der Waals surface area contributed by atoms with E-state index in [1.807, 2.05) is 4.98 Å². The minimum atomic E-state index is -3.90. The molecule has 0 spiro atoms. The summed E-state index contributed by atoms with van der Waals surface area (Å²) in [6, 6.07) is 8.86. The number of fused-ring (bicyclic) bond motifs is 1. The fourth-order valence-corrected chi connectivity index (χ4v) is 6.76. The smallest absolute Gasteiger partial charge is 0.362 e. The molecule has 7 nitrogen and oxygen atoms in total. The third-order valence-corrected chi connectivity index (χ3v) is 9.29. The zero-order chi connectivity index (χ0) is 28.9. The van der Waals surface area contributed by atoms with Crippen molar-refractivity contribution in [2.24, 2.45) is 0 Å². The number of rotatable bonds is 5. The van der Waals surface area contributed by atoms with Gasteiger partial charge in [0.05, 0.1) is 16.0 Å². The molecule has 3 aromatic rings. The van der Waals surface area contributed by atoms with E-state index in [-0.39, 0.29) is 50.1 Å². The molecule has 2 amide bonds. The molecule has 5 rings (SSSR count). The zero-order valence-corrected chi connectivity index (χ0v) is 24.0. The number of phenols is 1. The van der Waals surface area contributed by atoms with Crippen LogP contribution in [0.2, 0.25) is 10.0 Å². The highest BCUT2D eigenvalue weighted by atomic mass is 35.5. The maximum Gasteiger partial charge on any atom is 0.362 e. The summed E-state index contributed by atoms with van der Waals surface area (Å²) < 4.78 is 28.0. The summed E-state index contributed by atoms with van der Waals surface area (Å²) in [5, 5.41) is 7.25. The van der Waals surface area contributed by atoms with Crippen LogP contribution in [-0.4, -0.2) is 45.3 Å². The van der Waals surface area contributed by atoms with Gasteiger partial charge in [0, 0.05) is 42.0 Å². The molecule has 210 valence electrons. The zero-order valence-electron chi connectivity index (χ0n) is 20.9. The van der Waals surface area contributed by atoms with Gasteiger partial charge in [-0.25, -0.2) is 0 Å². The first-order chi connectivity index (χ1) is 18.8. The van der Waals surface area contributed by atoms with E-state index in [0.29, 0.717) is 29.7 Å². The first-order valence-corrected chi connectivity index (χ1v) is 14.2. The Morgan fingerprint density at radius 2 is 1.77 bits per heavy atom. The number of phenolic OH excluding ortho intramolecular Hbond substituents is 1. The average molecular weight is 629 g/mol. The number of hydrogen-bond donors (Lipinski definition) is 2. The van der Waals surface area contributed by atoms with E-state index in [1.165, 1.54) is 23.1 Å². The van der Waals surface area contributed by atoms with Crippen LogP contribution in [0.15, 0.2) is 51.0 Å². The number of carbonyl (C=O) groups is 2. The number of likely N-dealkylation sites (tertiary alicyclic amines) is 1. The van der Waals surface area contributed by atoms with Crippen molar-refractivity contribution in [3.8, 4) is 5.75 Å². The van der Waals surface area contributed by atoms with Gasteiger partial charge in [0.1, 0.15) is 17.0 Å². The molecule has 1 aromatic heterocycles. The summed E-state index contributed by atoms with van der Waals surface area (Å²) in [7, 11) is 1.72. The summed E-state index contributed by atoms with van der Waals surface area (Å²) in [4.78, 5) is 44.7. The molecule has 0 aliphatic carbocycles. The topological polar surface area (TPSA) is 93.7 Å². The van der Waals surface area contributed by atoms with Crippen LogP contribution in [0.1, 0.15) is 51.5 Å². The molecule has 1 fully saturated rings. The lowest BCUT2D eigenvalue weighted by Crippen LogP contribution is -2.37. The second kappa shape index (κ2) is 10.9. The fraction of sp³-hybridized carbons (Fsp3) is 0.296. The van der Waals surface area contributed by atoms with Crippen LogP contribution >= 0.6 is 46.6 Å². The van der Waals surface area contributed by atoms with Crippen molar-refractivity contribution in [1.82, 2.24) is 14.8 Å². The molecule has 1 unspecified atom stereocenters. The Morgan fingerprint density at radius 3 is 2.42 bits per heavy atom. The number of H-pyrrole nitrogens is 1. The molecule has 2 aliphatic heterocycles. The fourth-order valence-electron chi connectivity index (χ4n) is 5.02. The number of carbonyl (C=O) groups excluding carboxylic acids is 2. The number of benzene rings is 2. The lowest BCUT2D eigenvalue weighted by atomic mass is 9.87. The summed E-state index contributed by atoms with van der Waals surface area (Å²) in [6.45, 7) is 0.790. The van der Waals surface area contributed by atoms with Crippen LogP contribution in [0.3, 0.4) is 0 Å². The molecule has 40 heavy (non-hydrogen) atoms. The minimum Gasteiger partial charge on any atom is -0.508 e. The van der Waals surface area contributed by atoms with Gasteiger partial charge in [-0.1, -0.05) is 41.0 Å². The number of nitrogens with zero attached hydrogens (tertiary/aromatic N) is 2. The minimum absolute atomic E-state index is 0.0437. The number of piperidine rings is 1. The van der Waals surface area contributed by atoms with Gasteiger partial charge in [-0.2, -0.15) is 8.78 Å². The monoisotopic (exact) mass is 627 g/mol. The quantitative estimate of drug-likeness (QED) is 0.323. The predicted molar refractivity (Wildman–Crippen MR) is 149 cm³/mol. The third kappa shape index (κ3) is 5.42. The van der Waals surface area contributed by atoms with E-state index in [2.05, 4.69) is 0 Å². The molecule has 1 atom stereocenters. The van der Waals surface area contributed by atoms with Gasteiger partial charge < -0.3 is 19.9 Å². The molecule has 1 saturated heterocycles. The lowest BCUT2D eigenvalue weighted by Gasteiger charge is -2.30. The van der Waals surface area contributed by atoms with Gasteiger partial charge in [0.2, 0.25) is 5.91 Å². The van der Waals surface area contributed by atoms with Crippen LogP contribution in [0.4, 0.5) is 8.78 Å². The van der Waals surface area contributed by atoms with Gasteiger partial charge in [0.25, 0.3) is 11.5 Å². The summed E-state index contributed by atoms with van der Waals surface area (Å²) in [6.07, 6.45) is 1.39. The number of amides is 2. The van der Waals surface area contributed by atoms with Crippen LogP contribution in [0.25, 0.3) is 0 Å². The molecule has 0 radical (unpaired) electrons. The number of hydrogen-bond acceptors (Lipinski definition) is 5. The van der Waals surface area contributed by atoms with Crippen molar-refractivity contribution in [3.05, 3.63) is 84.7 Å². The Morgan fingerprint density at radius 1 is 1.12 bits per heavy atom. The molecule has 3 heterocycles. The van der Waals surface area contributed by atoms with E-state index in [1.54, 1.807) is 24.1 Å². The highest BCUT2D eigenvalue weighted by molar-refractivity contribution is 7.99. The van der Waals surface area contributed by atoms with Crippen molar-refractivity contribution in [3.63, 3.8) is 0 Å². The van der Waals surface area contributed by atoms with E-state index in [4.69, 9.17) is 34.8 Å². The number of aromatic nitrogens is 1. The second-order valence-corrected chi connectivity index (χ2v) is 12.0. The number of aromatic hydroxyl groups is 1. The Bertz CT molecular complexity index is 1570. The van der Waals surface area contributed by atoms with Crippen molar-refractivity contribution >= 4 is 58.4 Å². The summed E-state index contributed by atoms with van der Waals surface area (Å²) in [5.41, 5.74) is -0.472. The maximum atomic E-state index is 14.0. The molecule has 2 aromatic carbocycles. The molecule has 0 saturated carbocycles. The number of nitrogens with one attached hydrogen (secondary N) is 1. The van der Waals surface area contributed by atoms with Gasteiger partial charge in [-0.3, -0.25) is 14.4 Å². The van der Waals surface area contributed by atoms with Crippen molar-refractivity contribution < 1.29 is 23.5 Å². The van der Waals surface area contributed by atoms with E-state index >= 15 is 0 Å². The van der Waals surface area contributed by atoms with Crippen molar-refractivity contribution in [2.45, 2.75) is 47.0 Å². The molecule has 13 heteroatoms. The van der Waals surface area contributed by atoms with Gasteiger partial charge >= 0.3 is 5.38 Å². The van der Waals surface area contributed by atoms with Gasteiger partial charge in [0.15, 0.2) is 0 Å². The number of alkyl halides is 3. The Hall–Kier alpha value is -2.79. The first-order valence-electron chi connectivity index (χ1n) is 12.2. The Kier molecular flexibility index (Phi) is 7.82. The Labute approximate surface area is 247 Å². The summed E-state index contributed by atoms with van der Waals surface area (Å²) in [5.74, 6) is -1.35. The number of halogens is 5. The van der Waals surface area contributed by atoms with Gasteiger partial charge in [-0.05, 0) is 65.9 Å². The van der Waals surface area contributed by atoms with Crippen LogP contribution < -0.4 is 5.56 Å². The Balaban J connectivity index is 1.51. The van der Waals surface area contributed by atoms with Crippen LogP contribution in [0.5, 0.6) is 5.75 Å². The van der Waals surface area contributed by atoms with E-state index < -0.39 is 28.5 Å².